The van der Waals surface area contributed by atoms with Gasteiger partial charge in [-0.2, -0.15) is 13.2 Å². The number of hydrogen-bond donors (Lipinski definition) is 1. The quantitative estimate of drug-likeness (QED) is 0.829. The van der Waals surface area contributed by atoms with Crippen molar-refractivity contribution < 1.29 is 31.7 Å². The van der Waals surface area contributed by atoms with Gasteiger partial charge in [0.1, 0.15) is 5.69 Å². The molecule has 0 saturated carbocycles. The summed E-state index contributed by atoms with van der Waals surface area (Å²) in [4.78, 5) is 5.94. The fourth-order valence-electron chi connectivity index (χ4n) is 2.91. The van der Waals surface area contributed by atoms with Crippen LogP contribution in [0, 0.1) is 7.43 Å². The van der Waals surface area contributed by atoms with E-state index >= 15 is 0 Å². The summed E-state index contributed by atoms with van der Waals surface area (Å²) in [6.07, 6.45) is -0.854. The Kier molecular flexibility index (Phi) is 8.85. The first-order chi connectivity index (χ1) is 9.83. The largest absolute Gasteiger partial charge is 0.433 e. The second-order valence-electron chi connectivity index (χ2n) is 5.91. The van der Waals surface area contributed by atoms with Crippen molar-refractivity contribution in [3.63, 3.8) is 0 Å². The van der Waals surface area contributed by atoms with Crippen LogP contribution >= 0.6 is 0 Å². The molecule has 3 nitrogen and oxygen atoms in total. The Hall–Kier alpha value is -0.556. The fourth-order valence-corrected chi connectivity index (χ4v) is 2.91. The maximum atomic E-state index is 12.7. The molecule has 1 atom stereocenters. The minimum Gasteiger partial charge on any atom is -0.358 e. The fraction of sp³-hybridized carbons (Fsp3) is 0.625. The van der Waals surface area contributed by atoms with E-state index in [1.807, 2.05) is 14.1 Å². The molecule has 0 spiro atoms. The van der Waals surface area contributed by atoms with Gasteiger partial charge in [0.2, 0.25) is 0 Å². The molecule has 2 heterocycles. The minimum absolute atomic E-state index is 0. The van der Waals surface area contributed by atoms with E-state index in [0.29, 0.717) is 12.1 Å². The molecule has 1 aromatic rings. The van der Waals surface area contributed by atoms with E-state index < -0.39 is 11.9 Å². The van der Waals surface area contributed by atoms with Gasteiger partial charge >= 0.3 is 6.18 Å². The summed E-state index contributed by atoms with van der Waals surface area (Å²) in [7, 11) is 4.07. The molecule has 0 aromatic carbocycles. The monoisotopic (exact) mass is 367 g/mol. The zero-order valence-electron chi connectivity index (χ0n) is 14.0. The third-order valence-corrected chi connectivity index (χ3v) is 4.34. The van der Waals surface area contributed by atoms with E-state index in [-0.39, 0.29) is 31.5 Å². The third-order valence-electron chi connectivity index (χ3n) is 4.34. The number of nitrogens with one attached hydrogen (secondary N) is 1. The van der Waals surface area contributed by atoms with Gasteiger partial charge in [-0.25, -0.2) is 4.98 Å². The van der Waals surface area contributed by atoms with Gasteiger partial charge < -0.3 is 17.6 Å². The molecular formula is C16H25F3N3V-. The summed E-state index contributed by atoms with van der Waals surface area (Å²) in [5.74, 6) is 0. The number of pyridine rings is 1. The van der Waals surface area contributed by atoms with Crippen molar-refractivity contribution in [1.29, 1.82) is 0 Å². The van der Waals surface area contributed by atoms with Crippen molar-refractivity contribution in [3.8, 4) is 0 Å². The first kappa shape index (κ1) is 22.4. The van der Waals surface area contributed by atoms with Crippen LogP contribution in [0.2, 0.25) is 0 Å². The average Bonchev–Trinajstić information content (AvgIpc) is 2.45. The van der Waals surface area contributed by atoms with E-state index in [2.05, 4.69) is 15.2 Å². The summed E-state index contributed by atoms with van der Waals surface area (Å²) >= 11 is 0. The van der Waals surface area contributed by atoms with Crippen LogP contribution in [0.5, 0.6) is 0 Å². The van der Waals surface area contributed by atoms with Crippen LogP contribution in [0.1, 0.15) is 30.7 Å². The Bertz CT molecular complexity index is 472. The standard InChI is InChI=1S/C15H22F3N3.CH3.V/c1-21(2)14(8-4-10-19-11-14)9-7-12-5-3-6-13(20-12)15(16,17)18;;/h3,5-6,19H,4,7-11H2,1-2H3;1H3;/q;-1;. The third kappa shape index (κ3) is 5.78. The molecule has 1 aromatic heterocycles. The molecule has 1 aliphatic rings. The second kappa shape index (κ2) is 9.07. The molecule has 1 unspecified atom stereocenters. The summed E-state index contributed by atoms with van der Waals surface area (Å²) in [5, 5.41) is 3.39. The number of nitrogens with zero attached hydrogens (tertiary/aromatic N) is 2. The molecule has 1 radical (unpaired) electrons. The molecular weight excluding hydrogens is 342 g/mol. The maximum absolute atomic E-state index is 12.7. The second-order valence-corrected chi connectivity index (χ2v) is 5.91. The smallest absolute Gasteiger partial charge is 0.358 e. The van der Waals surface area contributed by atoms with Crippen LogP contribution in [0.3, 0.4) is 0 Å². The Morgan fingerprint density at radius 1 is 1.30 bits per heavy atom. The summed E-state index contributed by atoms with van der Waals surface area (Å²) in [5.41, 5.74) is -0.286. The SMILES string of the molecule is CN(C)C1(CCc2cccc(C(F)(F)F)n2)CCCNC1.[CH3-].[V]. The van der Waals surface area contributed by atoms with E-state index in [1.165, 1.54) is 6.07 Å². The van der Waals surface area contributed by atoms with Crippen LogP contribution in [-0.2, 0) is 31.2 Å². The normalized spacial score (nSPS) is 21.5. The molecule has 0 bridgehead atoms. The number of aryl methyl sites for hydroxylation is 1. The van der Waals surface area contributed by atoms with E-state index in [1.54, 1.807) is 6.07 Å². The molecule has 1 saturated heterocycles. The van der Waals surface area contributed by atoms with E-state index in [0.717, 1.165) is 38.4 Å². The van der Waals surface area contributed by atoms with Gasteiger partial charge in [-0.05, 0) is 58.5 Å². The summed E-state index contributed by atoms with van der Waals surface area (Å²) in [6.45, 7) is 1.89. The van der Waals surface area contributed by atoms with Crippen LogP contribution in [-0.4, -0.2) is 42.6 Å². The van der Waals surface area contributed by atoms with E-state index in [9.17, 15) is 13.2 Å². The molecule has 1 aliphatic heterocycles. The minimum atomic E-state index is -4.37. The van der Waals surface area contributed by atoms with E-state index in [4.69, 9.17) is 0 Å². The van der Waals surface area contributed by atoms with Crippen LogP contribution in [0.4, 0.5) is 13.2 Å². The number of hydrogen-bond acceptors (Lipinski definition) is 3. The Morgan fingerprint density at radius 2 is 2.00 bits per heavy atom. The van der Waals surface area contributed by atoms with Crippen molar-refractivity contribution in [1.82, 2.24) is 15.2 Å². The van der Waals surface area contributed by atoms with Gasteiger partial charge in [0, 0.05) is 36.3 Å². The van der Waals surface area contributed by atoms with Crippen molar-refractivity contribution in [2.75, 3.05) is 27.2 Å². The molecule has 7 heteroatoms. The topological polar surface area (TPSA) is 28.2 Å². The molecule has 0 aliphatic carbocycles. The van der Waals surface area contributed by atoms with Crippen LogP contribution in [0.25, 0.3) is 0 Å². The Morgan fingerprint density at radius 3 is 2.52 bits per heavy atom. The van der Waals surface area contributed by atoms with Crippen LogP contribution in [0.15, 0.2) is 18.2 Å². The number of halogens is 3. The summed E-state index contributed by atoms with van der Waals surface area (Å²) < 4.78 is 38.1. The van der Waals surface area contributed by atoms with Crippen molar-refractivity contribution in [2.45, 2.75) is 37.4 Å². The van der Waals surface area contributed by atoms with Gasteiger partial charge in [0.25, 0.3) is 0 Å². The molecule has 131 valence electrons. The van der Waals surface area contributed by atoms with Crippen molar-refractivity contribution >= 4 is 0 Å². The van der Waals surface area contributed by atoms with Gasteiger partial charge in [-0.15, -0.1) is 0 Å². The van der Waals surface area contributed by atoms with Crippen LogP contribution < -0.4 is 5.32 Å². The molecule has 1 N–H and O–H groups in total. The first-order valence-corrected chi connectivity index (χ1v) is 7.25. The van der Waals surface area contributed by atoms with Gasteiger partial charge in [-0.1, -0.05) is 6.07 Å². The average molecular weight is 367 g/mol. The zero-order valence-corrected chi connectivity index (χ0v) is 15.3. The predicted octanol–water partition coefficient (Wildman–Crippen LogP) is 3.16. The number of aromatic nitrogens is 1. The number of rotatable bonds is 4. The van der Waals surface area contributed by atoms with Crippen molar-refractivity contribution in [3.05, 3.63) is 37.0 Å². The van der Waals surface area contributed by atoms with Crippen molar-refractivity contribution in [2.24, 2.45) is 0 Å². The van der Waals surface area contributed by atoms with Gasteiger partial charge in [0.15, 0.2) is 0 Å². The van der Waals surface area contributed by atoms with Gasteiger partial charge in [-0.3, -0.25) is 0 Å². The first-order valence-electron chi connectivity index (χ1n) is 7.25. The number of likely N-dealkylation sites (N-methyl/N-ethyl adjacent to an activating group) is 1. The predicted molar refractivity (Wildman–Crippen MR) is 82.5 cm³/mol. The Labute approximate surface area is 148 Å². The molecule has 2 rings (SSSR count). The molecule has 0 amide bonds. The maximum Gasteiger partial charge on any atom is 0.433 e. The number of piperidine rings is 1. The number of alkyl halides is 3. The zero-order chi connectivity index (χ0) is 15.5. The molecule has 23 heavy (non-hydrogen) atoms. The van der Waals surface area contributed by atoms with Gasteiger partial charge in [0.05, 0.1) is 0 Å². The Balaban J connectivity index is 0.00000242. The summed E-state index contributed by atoms with van der Waals surface area (Å²) in [6, 6.07) is 4.13. The molecule has 1 fully saturated rings.